The Labute approximate surface area is 112 Å². The first-order valence-corrected chi connectivity index (χ1v) is 6.26. The first-order chi connectivity index (χ1) is 9.11. The molecule has 0 saturated carbocycles. The van der Waals surface area contributed by atoms with E-state index >= 15 is 0 Å². The molecule has 2 heterocycles. The van der Waals surface area contributed by atoms with Crippen LogP contribution in [-0.4, -0.2) is 42.5 Å². The van der Waals surface area contributed by atoms with Gasteiger partial charge in [-0.05, 0) is 18.9 Å². The average Bonchev–Trinajstić information content (AvgIpc) is 2.92. The van der Waals surface area contributed by atoms with Gasteiger partial charge in [0.05, 0.1) is 17.8 Å². The van der Waals surface area contributed by atoms with E-state index in [1.165, 1.54) is 6.20 Å². The van der Waals surface area contributed by atoms with E-state index in [9.17, 15) is 4.79 Å². The summed E-state index contributed by atoms with van der Waals surface area (Å²) in [5, 5.41) is 8.76. The molecular formula is C13H17N5O. The van der Waals surface area contributed by atoms with Crippen molar-refractivity contribution in [2.75, 3.05) is 37.3 Å². The first kappa shape index (κ1) is 13.1. The van der Waals surface area contributed by atoms with E-state index < -0.39 is 0 Å². The monoisotopic (exact) mass is 259 g/mol. The van der Waals surface area contributed by atoms with Gasteiger partial charge in [-0.2, -0.15) is 5.26 Å². The number of hydrogen-bond acceptors (Lipinski definition) is 5. The van der Waals surface area contributed by atoms with E-state index in [0.29, 0.717) is 17.1 Å². The van der Waals surface area contributed by atoms with Crippen LogP contribution >= 0.6 is 0 Å². The summed E-state index contributed by atoms with van der Waals surface area (Å²) >= 11 is 0. The topological polar surface area (TPSA) is 86.2 Å². The summed E-state index contributed by atoms with van der Waals surface area (Å²) in [4.78, 5) is 19.7. The minimum absolute atomic E-state index is 0.0885. The second-order valence-electron chi connectivity index (χ2n) is 4.69. The Balaban J connectivity index is 2.05. The van der Waals surface area contributed by atoms with Crippen molar-refractivity contribution in [3.8, 4) is 6.07 Å². The second kappa shape index (κ2) is 5.57. The van der Waals surface area contributed by atoms with Crippen molar-refractivity contribution in [2.24, 2.45) is 0 Å². The lowest BCUT2D eigenvalue weighted by Crippen LogP contribution is -2.37. The summed E-state index contributed by atoms with van der Waals surface area (Å²) < 4.78 is 0. The van der Waals surface area contributed by atoms with Gasteiger partial charge >= 0.3 is 0 Å². The number of aromatic nitrogens is 1. The Morgan fingerprint density at radius 1 is 1.58 bits per heavy atom. The molecule has 0 atom stereocenters. The summed E-state index contributed by atoms with van der Waals surface area (Å²) in [7, 11) is 1.78. The third-order valence-electron chi connectivity index (χ3n) is 3.22. The Bertz CT molecular complexity index is 516. The number of rotatable bonds is 3. The normalized spacial score (nSPS) is 14.2. The fourth-order valence-electron chi connectivity index (χ4n) is 2.20. The third-order valence-corrected chi connectivity index (χ3v) is 3.22. The van der Waals surface area contributed by atoms with E-state index in [2.05, 4.69) is 4.98 Å². The van der Waals surface area contributed by atoms with Crippen LogP contribution in [0.15, 0.2) is 12.3 Å². The molecule has 0 radical (unpaired) electrons. The van der Waals surface area contributed by atoms with Gasteiger partial charge in [-0.25, -0.2) is 4.98 Å². The van der Waals surface area contributed by atoms with Gasteiger partial charge in [0.25, 0.3) is 0 Å². The number of nitrogens with zero attached hydrogens (tertiary/aromatic N) is 4. The van der Waals surface area contributed by atoms with Crippen molar-refractivity contribution in [1.82, 2.24) is 9.88 Å². The summed E-state index contributed by atoms with van der Waals surface area (Å²) in [5.41, 5.74) is 6.68. The van der Waals surface area contributed by atoms with E-state index in [-0.39, 0.29) is 12.5 Å². The minimum atomic E-state index is 0.0885. The Morgan fingerprint density at radius 2 is 2.26 bits per heavy atom. The number of hydrogen-bond donors (Lipinski definition) is 1. The van der Waals surface area contributed by atoms with Crippen LogP contribution in [0, 0.1) is 11.3 Å². The molecule has 1 aromatic rings. The standard InChI is InChI=1S/C13H17N5O/c1-17(9-12(19)18-4-2-3-5-18)13-11(15)6-10(7-14)8-16-13/h6,8H,2-5,9,15H2,1H3. The largest absolute Gasteiger partial charge is 0.396 e. The summed E-state index contributed by atoms with van der Waals surface area (Å²) in [6.45, 7) is 1.93. The maximum atomic E-state index is 12.0. The fourth-order valence-corrected chi connectivity index (χ4v) is 2.20. The predicted octanol–water partition coefficient (Wildman–Crippen LogP) is 0.594. The number of nitrogens with two attached hydrogens (primary N) is 1. The number of likely N-dealkylation sites (N-methyl/N-ethyl adjacent to an activating group) is 1. The molecule has 6 heteroatoms. The van der Waals surface area contributed by atoms with Crippen LogP contribution in [0.2, 0.25) is 0 Å². The van der Waals surface area contributed by atoms with Crippen LogP contribution in [0.5, 0.6) is 0 Å². The summed E-state index contributed by atoms with van der Waals surface area (Å²) in [6.07, 6.45) is 3.61. The summed E-state index contributed by atoms with van der Waals surface area (Å²) in [5.74, 6) is 0.622. The molecule has 6 nitrogen and oxygen atoms in total. The second-order valence-corrected chi connectivity index (χ2v) is 4.69. The quantitative estimate of drug-likeness (QED) is 0.858. The molecule has 0 unspecified atom stereocenters. The van der Waals surface area contributed by atoms with Gasteiger partial charge < -0.3 is 15.5 Å². The molecule has 1 aromatic heterocycles. The van der Waals surface area contributed by atoms with Crippen molar-refractivity contribution < 1.29 is 4.79 Å². The molecule has 0 spiro atoms. The van der Waals surface area contributed by atoms with Crippen LogP contribution in [-0.2, 0) is 4.79 Å². The van der Waals surface area contributed by atoms with Gasteiger partial charge in [0.2, 0.25) is 5.91 Å². The van der Waals surface area contributed by atoms with Crippen molar-refractivity contribution in [2.45, 2.75) is 12.8 Å². The van der Waals surface area contributed by atoms with Crippen LogP contribution in [0.3, 0.4) is 0 Å². The molecule has 1 amide bonds. The van der Waals surface area contributed by atoms with Crippen LogP contribution in [0.25, 0.3) is 0 Å². The predicted molar refractivity (Wildman–Crippen MR) is 72.4 cm³/mol. The van der Waals surface area contributed by atoms with E-state index in [0.717, 1.165) is 25.9 Å². The lowest BCUT2D eigenvalue weighted by Gasteiger charge is -2.22. The molecule has 1 aliphatic heterocycles. The highest BCUT2D eigenvalue weighted by atomic mass is 16.2. The van der Waals surface area contributed by atoms with E-state index in [1.54, 1.807) is 18.0 Å². The number of anilines is 2. The smallest absolute Gasteiger partial charge is 0.242 e. The molecular weight excluding hydrogens is 242 g/mol. The number of carbonyl (C=O) groups excluding carboxylic acids is 1. The molecule has 2 N–H and O–H groups in total. The first-order valence-electron chi connectivity index (χ1n) is 6.26. The van der Waals surface area contributed by atoms with Gasteiger partial charge in [-0.3, -0.25) is 4.79 Å². The van der Waals surface area contributed by atoms with E-state index in [1.807, 2.05) is 11.0 Å². The van der Waals surface area contributed by atoms with Crippen LogP contribution < -0.4 is 10.6 Å². The zero-order valence-corrected chi connectivity index (χ0v) is 11.0. The lowest BCUT2D eigenvalue weighted by atomic mass is 10.2. The highest BCUT2D eigenvalue weighted by Crippen LogP contribution is 2.20. The van der Waals surface area contributed by atoms with Gasteiger partial charge in [0.15, 0.2) is 5.82 Å². The number of carbonyl (C=O) groups is 1. The molecule has 19 heavy (non-hydrogen) atoms. The average molecular weight is 259 g/mol. The molecule has 0 aromatic carbocycles. The zero-order valence-electron chi connectivity index (χ0n) is 11.0. The molecule has 0 aliphatic carbocycles. The minimum Gasteiger partial charge on any atom is -0.396 e. The van der Waals surface area contributed by atoms with Gasteiger partial charge in [-0.1, -0.05) is 0 Å². The molecule has 1 aliphatic rings. The maximum Gasteiger partial charge on any atom is 0.242 e. The number of nitrogen functional groups attached to an aromatic ring is 1. The Kier molecular flexibility index (Phi) is 3.85. The van der Waals surface area contributed by atoms with Gasteiger partial charge in [0, 0.05) is 26.3 Å². The van der Waals surface area contributed by atoms with Crippen molar-refractivity contribution in [3.63, 3.8) is 0 Å². The Morgan fingerprint density at radius 3 is 2.84 bits per heavy atom. The van der Waals surface area contributed by atoms with Gasteiger partial charge in [-0.15, -0.1) is 0 Å². The number of amides is 1. The third kappa shape index (κ3) is 2.94. The number of pyridine rings is 1. The molecule has 1 fully saturated rings. The van der Waals surface area contributed by atoms with Crippen molar-refractivity contribution in [3.05, 3.63) is 17.8 Å². The lowest BCUT2D eigenvalue weighted by molar-refractivity contribution is -0.128. The fraction of sp³-hybridized carbons (Fsp3) is 0.462. The molecule has 1 saturated heterocycles. The van der Waals surface area contributed by atoms with Crippen molar-refractivity contribution in [1.29, 1.82) is 5.26 Å². The highest BCUT2D eigenvalue weighted by molar-refractivity contribution is 5.82. The highest BCUT2D eigenvalue weighted by Gasteiger charge is 2.20. The van der Waals surface area contributed by atoms with Crippen LogP contribution in [0.1, 0.15) is 18.4 Å². The maximum absolute atomic E-state index is 12.0. The van der Waals surface area contributed by atoms with E-state index in [4.69, 9.17) is 11.0 Å². The molecule has 100 valence electrons. The van der Waals surface area contributed by atoms with Crippen LogP contribution in [0.4, 0.5) is 11.5 Å². The van der Waals surface area contributed by atoms with Gasteiger partial charge in [0.1, 0.15) is 6.07 Å². The molecule has 2 rings (SSSR count). The van der Waals surface area contributed by atoms with Crippen molar-refractivity contribution >= 4 is 17.4 Å². The molecule has 0 bridgehead atoms. The summed E-state index contributed by atoms with van der Waals surface area (Å²) in [6, 6.07) is 3.55. The Hall–Kier alpha value is -2.29. The number of nitriles is 1. The zero-order chi connectivity index (χ0) is 13.8. The number of likely N-dealkylation sites (tertiary alicyclic amines) is 1. The SMILES string of the molecule is CN(CC(=O)N1CCCC1)c1ncc(C#N)cc1N.